The van der Waals surface area contributed by atoms with E-state index in [0.717, 1.165) is 16.8 Å². The maximum atomic E-state index is 9.84. The Kier molecular flexibility index (Phi) is 16.7. The molecular weight excluding hydrogens is 559 g/mol. The van der Waals surface area contributed by atoms with Crippen molar-refractivity contribution in [2.45, 2.75) is 143 Å². The zero-order valence-corrected chi connectivity index (χ0v) is 30.1. The molecule has 0 bridgehead atoms. The second kappa shape index (κ2) is 16.1. The second-order valence-corrected chi connectivity index (χ2v) is 15.8. The van der Waals surface area contributed by atoms with Crippen LogP contribution in [0.3, 0.4) is 0 Å². The summed E-state index contributed by atoms with van der Waals surface area (Å²) in [7, 11) is 2.91. The zero-order chi connectivity index (χ0) is 28.8. The van der Waals surface area contributed by atoms with Crippen LogP contribution in [0.1, 0.15) is 137 Å². The second-order valence-electron chi connectivity index (χ2n) is 14.9. The average Bonchev–Trinajstić information content (AvgIpc) is 2.72. The predicted molar refractivity (Wildman–Crippen MR) is 175 cm³/mol. The standard InChI is InChI=1S/2C14H22O.C6H13P.ClH.Cr/c2*1-13(2,3)10-7-8-12(15)11(9-10)14(4,5)6;7-6-4-2-1-3-5-6;;/h2*7-9,15H,1-6H3;6H,1-5,7H2;1H;. The number of hydrogen-bond acceptors (Lipinski definition) is 2. The summed E-state index contributed by atoms with van der Waals surface area (Å²) in [5.74, 6) is 0.797. The van der Waals surface area contributed by atoms with E-state index in [0.29, 0.717) is 11.5 Å². The molecule has 0 radical (unpaired) electrons. The van der Waals surface area contributed by atoms with Gasteiger partial charge in [0, 0.05) is 17.4 Å². The Morgan fingerprint density at radius 3 is 1.08 bits per heavy atom. The normalized spacial score (nSPS) is 14.5. The van der Waals surface area contributed by atoms with Crippen LogP contribution >= 0.6 is 21.6 Å². The summed E-state index contributed by atoms with van der Waals surface area (Å²) in [6.07, 6.45) is 7.31. The van der Waals surface area contributed by atoms with Gasteiger partial charge in [-0.15, -0.1) is 21.6 Å². The molecular formula is C34H58ClCrO2P. The number of rotatable bonds is 0. The first kappa shape index (κ1) is 40.4. The van der Waals surface area contributed by atoms with E-state index in [1.54, 1.807) is 12.1 Å². The fraction of sp³-hybridized carbons (Fsp3) is 0.647. The maximum absolute atomic E-state index is 9.84. The van der Waals surface area contributed by atoms with Crippen LogP contribution in [0.25, 0.3) is 0 Å². The van der Waals surface area contributed by atoms with Gasteiger partial charge in [0.2, 0.25) is 0 Å². The molecule has 5 heteroatoms. The van der Waals surface area contributed by atoms with E-state index in [4.69, 9.17) is 0 Å². The maximum Gasteiger partial charge on any atom is 0.119 e. The van der Waals surface area contributed by atoms with Crippen LogP contribution in [0.5, 0.6) is 11.5 Å². The molecule has 2 aromatic rings. The number of benzene rings is 2. The van der Waals surface area contributed by atoms with Crippen molar-refractivity contribution in [3.05, 3.63) is 58.7 Å². The summed E-state index contributed by atoms with van der Waals surface area (Å²) >= 11 is 0. The van der Waals surface area contributed by atoms with Crippen LogP contribution in [0.4, 0.5) is 0 Å². The van der Waals surface area contributed by atoms with Crippen molar-refractivity contribution in [3.63, 3.8) is 0 Å². The van der Waals surface area contributed by atoms with Crippen LogP contribution in [0.15, 0.2) is 36.4 Å². The van der Waals surface area contributed by atoms with E-state index in [1.165, 1.54) is 43.2 Å². The fourth-order valence-electron chi connectivity index (χ4n) is 4.34. The average molecular weight is 617 g/mol. The molecule has 39 heavy (non-hydrogen) atoms. The summed E-state index contributed by atoms with van der Waals surface area (Å²) in [5.41, 5.74) is 5.78. The van der Waals surface area contributed by atoms with Gasteiger partial charge >= 0.3 is 0 Å². The smallest absolute Gasteiger partial charge is 0.119 e. The van der Waals surface area contributed by atoms with E-state index in [-0.39, 0.29) is 51.4 Å². The zero-order valence-electron chi connectivity index (χ0n) is 26.9. The van der Waals surface area contributed by atoms with E-state index in [9.17, 15) is 10.2 Å². The molecule has 3 rings (SSSR count). The van der Waals surface area contributed by atoms with Gasteiger partial charge in [-0.2, -0.15) is 0 Å². The van der Waals surface area contributed by atoms with E-state index < -0.39 is 0 Å². The van der Waals surface area contributed by atoms with Crippen molar-refractivity contribution >= 4 is 21.6 Å². The minimum Gasteiger partial charge on any atom is -0.508 e. The van der Waals surface area contributed by atoms with Gasteiger partial charge in [-0.05, 0) is 74.5 Å². The molecule has 1 unspecified atom stereocenters. The third-order valence-electron chi connectivity index (χ3n) is 6.99. The number of halogens is 1. The van der Waals surface area contributed by atoms with Crippen LogP contribution in [0.2, 0.25) is 0 Å². The van der Waals surface area contributed by atoms with Gasteiger partial charge in [0.05, 0.1) is 0 Å². The van der Waals surface area contributed by atoms with Crippen molar-refractivity contribution in [2.24, 2.45) is 0 Å². The van der Waals surface area contributed by atoms with Gasteiger partial charge < -0.3 is 10.2 Å². The van der Waals surface area contributed by atoms with Crippen LogP contribution in [0, 0.1) is 0 Å². The van der Waals surface area contributed by atoms with Crippen molar-refractivity contribution in [1.29, 1.82) is 0 Å². The molecule has 1 aliphatic carbocycles. The Hall–Kier alpha value is -0.708. The monoisotopic (exact) mass is 616 g/mol. The van der Waals surface area contributed by atoms with Crippen molar-refractivity contribution in [2.75, 3.05) is 0 Å². The number of aromatic hydroxyl groups is 2. The molecule has 0 heterocycles. The van der Waals surface area contributed by atoms with Gasteiger partial charge in [0.25, 0.3) is 0 Å². The molecule has 2 N–H and O–H groups in total. The van der Waals surface area contributed by atoms with Crippen LogP contribution in [-0.4, -0.2) is 15.9 Å². The molecule has 0 saturated heterocycles. The van der Waals surface area contributed by atoms with Gasteiger partial charge in [0.1, 0.15) is 11.5 Å². The molecule has 0 spiro atoms. The van der Waals surface area contributed by atoms with Crippen LogP contribution in [-0.2, 0) is 39.0 Å². The molecule has 0 aromatic heterocycles. The minimum atomic E-state index is -0.00859. The van der Waals surface area contributed by atoms with Crippen molar-refractivity contribution in [3.8, 4) is 11.5 Å². The fourth-order valence-corrected chi connectivity index (χ4v) is 4.81. The topological polar surface area (TPSA) is 40.5 Å². The Morgan fingerprint density at radius 1 is 0.564 bits per heavy atom. The first-order chi connectivity index (χ1) is 16.6. The first-order valence-electron chi connectivity index (χ1n) is 14.1. The van der Waals surface area contributed by atoms with Gasteiger partial charge in [-0.25, -0.2) is 0 Å². The minimum absolute atomic E-state index is 0. The molecule has 1 fully saturated rings. The van der Waals surface area contributed by atoms with Crippen LogP contribution < -0.4 is 0 Å². The largest absolute Gasteiger partial charge is 0.508 e. The molecule has 1 aliphatic rings. The summed E-state index contributed by atoms with van der Waals surface area (Å²) in [5, 5.41) is 19.7. The molecule has 0 amide bonds. The SMILES string of the molecule is CC(C)(C)c1ccc(O)c(C(C)(C)C)c1.CC(C)(C)c1ccc(O)c(C(C)(C)C)c1.Cl.PC1CCCCC1.[Cr]. The quantitative estimate of drug-likeness (QED) is 0.289. The Morgan fingerprint density at radius 2 is 0.872 bits per heavy atom. The number of phenols is 2. The van der Waals surface area contributed by atoms with Crippen molar-refractivity contribution in [1.82, 2.24) is 0 Å². The summed E-state index contributed by atoms with van der Waals surface area (Å²) in [4.78, 5) is 0. The Bertz CT molecular complexity index is 913. The molecule has 2 aromatic carbocycles. The van der Waals surface area contributed by atoms with E-state index in [1.807, 2.05) is 12.1 Å². The number of hydrogen-bond donors (Lipinski definition) is 2. The number of phenolic OH excluding ortho intramolecular Hbond substituents is 2. The molecule has 1 saturated carbocycles. The van der Waals surface area contributed by atoms with Gasteiger partial charge in [0.15, 0.2) is 0 Å². The molecule has 224 valence electrons. The Labute approximate surface area is 260 Å². The molecule has 0 aliphatic heterocycles. The van der Waals surface area contributed by atoms with E-state index >= 15 is 0 Å². The van der Waals surface area contributed by atoms with Crippen molar-refractivity contribution < 1.29 is 27.6 Å². The Balaban J connectivity index is 0. The summed E-state index contributed by atoms with van der Waals surface area (Å²) in [6, 6.07) is 11.9. The van der Waals surface area contributed by atoms with E-state index in [2.05, 4.69) is 104 Å². The van der Waals surface area contributed by atoms with Gasteiger partial charge in [-0.3, -0.25) is 0 Å². The molecule has 2 nitrogen and oxygen atoms in total. The van der Waals surface area contributed by atoms with Gasteiger partial charge in [-0.1, -0.05) is 127 Å². The molecule has 1 atom stereocenters. The third-order valence-corrected chi connectivity index (χ3v) is 7.66. The summed E-state index contributed by atoms with van der Waals surface area (Å²) in [6.45, 7) is 25.8. The third kappa shape index (κ3) is 14.2. The first-order valence-corrected chi connectivity index (χ1v) is 14.7. The predicted octanol–water partition coefficient (Wildman–Crippen LogP) is 10.6. The summed E-state index contributed by atoms with van der Waals surface area (Å²) < 4.78 is 0.